The summed E-state index contributed by atoms with van der Waals surface area (Å²) >= 11 is 2.27. The zero-order chi connectivity index (χ0) is 48.9. The van der Waals surface area contributed by atoms with Crippen molar-refractivity contribution in [1.29, 1.82) is 10.5 Å². The Morgan fingerprint density at radius 2 is 1.56 bits per heavy atom. The van der Waals surface area contributed by atoms with Gasteiger partial charge >= 0.3 is 0 Å². The van der Waals surface area contributed by atoms with Crippen molar-refractivity contribution in [3.8, 4) is 45.8 Å². The first-order chi connectivity index (χ1) is 34.6. The molecule has 1 atom stereocenters. The number of amides is 1. The lowest BCUT2D eigenvalue weighted by Crippen LogP contribution is -2.47. The highest BCUT2D eigenvalue weighted by molar-refractivity contribution is 7.99. The maximum absolute atomic E-state index is 16.6. The topological polar surface area (TPSA) is 166 Å². The van der Waals surface area contributed by atoms with E-state index in [9.17, 15) is 15.3 Å². The van der Waals surface area contributed by atoms with Gasteiger partial charge in [0.1, 0.15) is 45.6 Å². The Kier molecular flexibility index (Phi) is 12.7. The van der Waals surface area contributed by atoms with E-state index in [0.29, 0.717) is 61.8 Å². The van der Waals surface area contributed by atoms with Crippen LogP contribution in [0.3, 0.4) is 0 Å². The van der Waals surface area contributed by atoms with Crippen molar-refractivity contribution in [3.63, 3.8) is 0 Å². The fourth-order valence-corrected chi connectivity index (χ4v) is 12.5. The molecule has 2 saturated heterocycles. The summed E-state index contributed by atoms with van der Waals surface area (Å²) in [5.74, 6) is -0.765. The number of fused-ring (bicyclic) bond motifs is 2. The number of rotatable bonds is 11. The number of nitrogens with one attached hydrogen (secondary N) is 1. The van der Waals surface area contributed by atoms with E-state index in [4.69, 9.17) is 20.3 Å². The molecule has 2 aromatic carbocycles. The molecule has 360 valence electrons. The lowest BCUT2D eigenvalue weighted by Gasteiger charge is -2.34. The predicted molar refractivity (Wildman–Crippen MR) is 266 cm³/mol. The van der Waals surface area contributed by atoms with Crippen LogP contribution in [0.4, 0.5) is 8.78 Å². The number of hydrogen-bond donors (Lipinski definition) is 1. The number of nitrogens with zero attached hydrogens (tertiary/aromatic N) is 13. The van der Waals surface area contributed by atoms with Crippen molar-refractivity contribution >= 4 is 40.5 Å². The second kappa shape index (κ2) is 19.4. The molecule has 8 aromatic rings. The van der Waals surface area contributed by atoms with Gasteiger partial charge in [0.2, 0.25) is 5.91 Å². The number of likely N-dealkylation sites (tertiary alicyclic amines) is 2. The first-order valence-electron chi connectivity index (χ1n) is 24.0. The molecule has 0 spiro atoms. The quantitative estimate of drug-likeness (QED) is 0.131. The number of carbonyl (C=O) groups excluding carboxylic acids is 1. The zero-order valence-corrected chi connectivity index (χ0v) is 41.1. The standard InChI is InChI=1S/C52H50F2N14OS2/c1-31-40(27-60-68(31)38-13-11-36(57-2)12-14-38)43-30-67-50(51(61-43)71-45-9-5-4-7-41(45)53)39(24-56)48(62-67)32-10-15-46(42(54)21-32)70-47-22-33(28-66-49(47)34(23-55)25-59-66)35-26-58-65(29-35)37-16-19-64(20-17-37)52(69)44-8-6-18-63(44)3/h4-5,7,9-10,15,21-22,25-30,36-38,44,57H,6,8,11-14,16-20H2,1-3H3/t36-,38+,44?. The Balaban J connectivity index is 0.894. The Bertz CT molecular complexity index is 3420. The Morgan fingerprint density at radius 1 is 0.761 bits per heavy atom. The highest BCUT2D eigenvalue weighted by Gasteiger charge is 2.34. The van der Waals surface area contributed by atoms with E-state index >= 15 is 8.78 Å². The van der Waals surface area contributed by atoms with Crippen LogP contribution in [0, 0.1) is 41.2 Å². The van der Waals surface area contributed by atoms with E-state index in [0.717, 1.165) is 92.1 Å². The average Bonchev–Trinajstić information content (AvgIpc) is 4.26. The van der Waals surface area contributed by atoms with Crippen LogP contribution in [0.1, 0.15) is 80.3 Å². The third-order valence-electron chi connectivity index (χ3n) is 14.5. The van der Waals surface area contributed by atoms with Crippen molar-refractivity contribution in [2.24, 2.45) is 0 Å². The summed E-state index contributed by atoms with van der Waals surface area (Å²) in [6.07, 6.45) is 18.3. The second-order valence-electron chi connectivity index (χ2n) is 18.7. The first kappa shape index (κ1) is 46.5. The molecule has 15 nitrogen and oxygen atoms in total. The van der Waals surface area contributed by atoms with Gasteiger partial charge in [0.05, 0.1) is 59.7 Å². The van der Waals surface area contributed by atoms with Crippen LogP contribution in [-0.2, 0) is 4.79 Å². The predicted octanol–water partition coefficient (Wildman–Crippen LogP) is 9.36. The molecule has 11 rings (SSSR count). The number of carbonyl (C=O) groups is 1. The number of benzene rings is 2. The SMILES string of the molecule is CN[C@H]1CC[C@@H](n2ncc(-c3cn4nc(-c5ccc(Sc6cc(-c7cnn(C8CCN(C(=O)C9CCCN9C)CC8)c7)cn7ncc(C#N)c67)c(F)c5)c(C#N)c4c(Sc4ccccc4F)n3)c2C)CC1. The van der Waals surface area contributed by atoms with Gasteiger partial charge in [-0.2, -0.15) is 30.9 Å². The lowest BCUT2D eigenvalue weighted by atomic mass is 9.91. The highest BCUT2D eigenvalue weighted by atomic mass is 32.2. The normalized spacial score (nSPS) is 18.9. The van der Waals surface area contributed by atoms with E-state index in [-0.39, 0.29) is 40.2 Å². The van der Waals surface area contributed by atoms with Crippen molar-refractivity contribution in [3.05, 3.63) is 114 Å². The second-order valence-corrected chi connectivity index (χ2v) is 20.8. The van der Waals surface area contributed by atoms with Crippen molar-refractivity contribution in [1.82, 2.24) is 58.9 Å². The monoisotopic (exact) mass is 988 g/mol. The van der Waals surface area contributed by atoms with Crippen LogP contribution in [0.5, 0.6) is 0 Å². The third-order valence-corrected chi connectivity index (χ3v) is 16.6. The fourth-order valence-electron chi connectivity index (χ4n) is 10.6. The molecule has 2 aliphatic heterocycles. The van der Waals surface area contributed by atoms with E-state index in [1.54, 1.807) is 58.0 Å². The van der Waals surface area contributed by atoms with Gasteiger partial charge in [0.15, 0.2) is 0 Å². The van der Waals surface area contributed by atoms with Gasteiger partial charge < -0.3 is 10.2 Å². The van der Waals surface area contributed by atoms with Crippen molar-refractivity contribution < 1.29 is 13.6 Å². The van der Waals surface area contributed by atoms with Crippen molar-refractivity contribution in [2.75, 3.05) is 33.7 Å². The van der Waals surface area contributed by atoms with Crippen LogP contribution in [-0.4, -0.2) is 105 Å². The fraction of sp³-hybridized carbons (Fsp3) is 0.346. The number of aromatic nitrogens is 9. The summed E-state index contributed by atoms with van der Waals surface area (Å²) in [6.45, 7) is 4.34. The van der Waals surface area contributed by atoms with Crippen LogP contribution in [0.25, 0.3) is 44.7 Å². The van der Waals surface area contributed by atoms with Gasteiger partial charge in [-0.05, 0) is 109 Å². The Hall–Kier alpha value is -6.90. The molecule has 1 amide bonds. The largest absolute Gasteiger partial charge is 0.341 e. The lowest BCUT2D eigenvalue weighted by molar-refractivity contribution is -0.136. The zero-order valence-electron chi connectivity index (χ0n) is 39.5. The van der Waals surface area contributed by atoms with E-state index in [1.165, 1.54) is 30.1 Å². The molecule has 1 unspecified atom stereocenters. The summed E-state index contributed by atoms with van der Waals surface area (Å²) < 4.78 is 39.2. The van der Waals surface area contributed by atoms with Gasteiger partial charge in [-0.25, -0.2) is 22.8 Å². The molecule has 1 aliphatic carbocycles. The van der Waals surface area contributed by atoms with Gasteiger partial charge in [0.25, 0.3) is 0 Å². The van der Waals surface area contributed by atoms with E-state index < -0.39 is 11.6 Å². The highest BCUT2D eigenvalue weighted by Crippen LogP contribution is 2.42. The summed E-state index contributed by atoms with van der Waals surface area (Å²) in [6, 6.07) is 18.4. The molecule has 8 heterocycles. The van der Waals surface area contributed by atoms with E-state index in [1.807, 2.05) is 49.1 Å². The van der Waals surface area contributed by atoms with Crippen molar-refractivity contribution in [2.45, 2.75) is 102 Å². The maximum Gasteiger partial charge on any atom is 0.239 e. The molecule has 1 N–H and O–H groups in total. The maximum atomic E-state index is 16.6. The van der Waals surface area contributed by atoms with Crippen LogP contribution < -0.4 is 5.32 Å². The van der Waals surface area contributed by atoms with Gasteiger partial charge in [0, 0.05) is 74.2 Å². The number of pyridine rings is 1. The Morgan fingerprint density at radius 3 is 2.30 bits per heavy atom. The van der Waals surface area contributed by atoms with Crippen LogP contribution in [0.15, 0.2) is 105 Å². The summed E-state index contributed by atoms with van der Waals surface area (Å²) in [5.41, 5.74) is 5.94. The number of hydrogen-bond acceptors (Lipinski definition) is 12. The van der Waals surface area contributed by atoms with Gasteiger partial charge in [-0.3, -0.25) is 19.1 Å². The van der Waals surface area contributed by atoms with Crippen LogP contribution >= 0.6 is 23.5 Å². The summed E-state index contributed by atoms with van der Waals surface area (Å²) in [7, 11) is 4.03. The van der Waals surface area contributed by atoms with Gasteiger partial charge in [-0.15, -0.1) is 0 Å². The molecule has 0 radical (unpaired) electrons. The third kappa shape index (κ3) is 8.75. The molecule has 3 aliphatic rings. The summed E-state index contributed by atoms with van der Waals surface area (Å²) in [4.78, 5) is 23.7. The molecule has 0 bridgehead atoms. The Labute approximate surface area is 417 Å². The number of piperidine rings is 1. The van der Waals surface area contributed by atoms with Gasteiger partial charge in [-0.1, -0.05) is 41.7 Å². The first-order valence-corrected chi connectivity index (χ1v) is 25.6. The molecule has 19 heteroatoms. The average molecular weight is 989 g/mol. The minimum Gasteiger partial charge on any atom is -0.341 e. The number of nitriles is 2. The molecular formula is C52H50F2N14OS2. The van der Waals surface area contributed by atoms with Crippen LogP contribution in [0.2, 0.25) is 0 Å². The molecular weight excluding hydrogens is 939 g/mol. The number of likely N-dealkylation sites (N-methyl/N-ethyl adjacent to an activating group) is 1. The minimum atomic E-state index is -0.557. The molecule has 1 saturated carbocycles. The number of halogens is 2. The molecule has 3 fully saturated rings. The molecule has 6 aromatic heterocycles. The summed E-state index contributed by atoms with van der Waals surface area (Å²) in [5, 5.41) is 43.6. The smallest absolute Gasteiger partial charge is 0.239 e. The molecule has 71 heavy (non-hydrogen) atoms. The van der Waals surface area contributed by atoms with E-state index in [2.05, 4.69) is 32.1 Å². The minimum absolute atomic E-state index is 0.0291.